The van der Waals surface area contributed by atoms with E-state index in [0.717, 1.165) is 50.6 Å². The molecule has 4 fully saturated rings. The summed E-state index contributed by atoms with van der Waals surface area (Å²) in [6.07, 6.45) is 5.35. The topological polar surface area (TPSA) is 67.7 Å². The Kier molecular flexibility index (Phi) is 5.01. The van der Waals surface area contributed by atoms with Gasteiger partial charge in [-0.3, -0.25) is 14.5 Å². The van der Waals surface area contributed by atoms with Gasteiger partial charge < -0.3 is 9.80 Å². The van der Waals surface area contributed by atoms with Gasteiger partial charge in [0, 0.05) is 31.6 Å². The highest BCUT2D eigenvalue weighted by Gasteiger charge is 2.58. The van der Waals surface area contributed by atoms with Gasteiger partial charge in [0.1, 0.15) is 11.9 Å². The maximum Gasteiger partial charge on any atom is 0.241 e. The smallest absolute Gasteiger partial charge is 0.241 e. The van der Waals surface area contributed by atoms with Crippen molar-refractivity contribution in [2.45, 2.75) is 69.1 Å². The van der Waals surface area contributed by atoms with E-state index in [-0.39, 0.29) is 47.2 Å². The lowest BCUT2D eigenvalue weighted by Crippen LogP contribution is -2.61. The molecule has 0 spiro atoms. The first-order valence-corrected chi connectivity index (χ1v) is 11.5. The molecule has 7 heteroatoms. The van der Waals surface area contributed by atoms with E-state index >= 15 is 0 Å². The van der Waals surface area contributed by atoms with Crippen LogP contribution in [0, 0.1) is 23.1 Å². The van der Waals surface area contributed by atoms with Gasteiger partial charge in [-0.2, -0.15) is 5.26 Å². The minimum absolute atomic E-state index is 0.0258. The molecule has 1 aromatic carbocycles. The number of fused-ring (bicyclic) bond motifs is 2. The highest BCUT2D eigenvalue weighted by molar-refractivity contribution is 5.87. The number of nitrogens with zero attached hydrogens (tertiary/aromatic N) is 4. The lowest BCUT2D eigenvalue weighted by molar-refractivity contribution is -0.151. The first-order chi connectivity index (χ1) is 14.9. The second-order valence-electron chi connectivity index (χ2n) is 9.68. The minimum Gasteiger partial charge on any atom is -0.327 e. The lowest BCUT2D eigenvalue weighted by atomic mass is 9.70. The van der Waals surface area contributed by atoms with Gasteiger partial charge in [0.2, 0.25) is 11.8 Å². The minimum atomic E-state index is -0.309. The molecule has 6 nitrogen and oxygen atoms in total. The van der Waals surface area contributed by atoms with Crippen LogP contribution in [-0.2, 0) is 15.1 Å². The normalized spacial score (nSPS) is 30.4. The fourth-order valence-electron chi connectivity index (χ4n) is 6.24. The molecule has 1 aromatic rings. The maximum atomic E-state index is 13.5. The van der Waals surface area contributed by atoms with Gasteiger partial charge in [0.15, 0.2) is 0 Å². The van der Waals surface area contributed by atoms with Crippen LogP contribution < -0.4 is 0 Å². The van der Waals surface area contributed by atoms with Gasteiger partial charge in [0.05, 0.1) is 17.6 Å². The lowest BCUT2D eigenvalue weighted by Gasteiger charge is -2.53. The molecule has 0 radical (unpaired) electrons. The van der Waals surface area contributed by atoms with Crippen molar-refractivity contribution in [3.63, 3.8) is 0 Å². The Morgan fingerprint density at radius 2 is 2.03 bits per heavy atom. The van der Waals surface area contributed by atoms with E-state index in [1.165, 1.54) is 12.1 Å². The van der Waals surface area contributed by atoms with Crippen LogP contribution in [0.15, 0.2) is 24.3 Å². The number of likely N-dealkylation sites (tertiary alicyclic amines) is 3. The van der Waals surface area contributed by atoms with Crippen LogP contribution in [0.25, 0.3) is 0 Å². The summed E-state index contributed by atoms with van der Waals surface area (Å²) in [6.45, 7) is 3.89. The van der Waals surface area contributed by atoms with Crippen LogP contribution in [0.4, 0.5) is 4.39 Å². The van der Waals surface area contributed by atoms with E-state index in [1.807, 2.05) is 19.1 Å². The summed E-state index contributed by atoms with van der Waals surface area (Å²) in [5.41, 5.74) is 0.737. The molecule has 3 saturated heterocycles. The molecule has 0 unspecified atom stereocenters. The molecule has 2 bridgehead atoms. The van der Waals surface area contributed by atoms with Gasteiger partial charge in [-0.1, -0.05) is 19.1 Å². The van der Waals surface area contributed by atoms with Gasteiger partial charge in [-0.05, 0) is 56.2 Å². The van der Waals surface area contributed by atoms with Gasteiger partial charge in [0.25, 0.3) is 0 Å². The average Bonchev–Trinajstić information content (AvgIpc) is 3.43. The van der Waals surface area contributed by atoms with Crippen molar-refractivity contribution in [2.75, 3.05) is 19.6 Å². The third-order valence-electron chi connectivity index (χ3n) is 7.91. The number of carbonyl (C=O) groups is 2. The third kappa shape index (κ3) is 3.15. The largest absolute Gasteiger partial charge is 0.327 e. The summed E-state index contributed by atoms with van der Waals surface area (Å²) in [7, 11) is 0. The fourth-order valence-corrected chi connectivity index (χ4v) is 6.24. The van der Waals surface area contributed by atoms with Gasteiger partial charge in [-0.25, -0.2) is 4.39 Å². The Labute approximate surface area is 182 Å². The molecule has 3 heterocycles. The molecule has 3 aliphatic heterocycles. The van der Waals surface area contributed by atoms with Crippen molar-refractivity contribution in [3.05, 3.63) is 35.6 Å². The summed E-state index contributed by atoms with van der Waals surface area (Å²) >= 11 is 0. The quantitative estimate of drug-likeness (QED) is 0.729. The molecular formula is C24H29FN4O2. The molecule has 0 N–H and O–H groups in total. The van der Waals surface area contributed by atoms with E-state index in [1.54, 1.807) is 4.90 Å². The predicted octanol–water partition coefficient (Wildman–Crippen LogP) is 2.64. The van der Waals surface area contributed by atoms with Crippen LogP contribution in [-0.4, -0.2) is 64.3 Å². The van der Waals surface area contributed by atoms with Crippen molar-refractivity contribution < 1.29 is 14.0 Å². The number of rotatable bonds is 5. The van der Waals surface area contributed by atoms with Gasteiger partial charge in [-0.15, -0.1) is 0 Å². The Morgan fingerprint density at radius 1 is 1.29 bits per heavy atom. The molecule has 1 saturated carbocycles. The Balaban J connectivity index is 1.28. The molecule has 4 atom stereocenters. The zero-order chi connectivity index (χ0) is 21.8. The summed E-state index contributed by atoms with van der Waals surface area (Å²) in [6, 6.07) is 8.52. The molecule has 31 heavy (non-hydrogen) atoms. The van der Waals surface area contributed by atoms with Crippen molar-refractivity contribution in [3.8, 4) is 6.07 Å². The van der Waals surface area contributed by atoms with Crippen molar-refractivity contribution >= 4 is 11.8 Å². The van der Waals surface area contributed by atoms with Crippen molar-refractivity contribution in [1.29, 1.82) is 5.26 Å². The number of hydrogen-bond acceptors (Lipinski definition) is 4. The highest BCUT2D eigenvalue weighted by Crippen LogP contribution is 2.52. The molecule has 4 aliphatic rings. The second-order valence-corrected chi connectivity index (χ2v) is 9.68. The van der Waals surface area contributed by atoms with E-state index in [2.05, 4.69) is 15.9 Å². The second kappa shape index (κ2) is 7.59. The standard InChI is InChI=1S/C24H29FN4O2/c1-16(22(30)28-11-2-4-19(28)13-26)14-27-15-20-12-21(27)23(31)29(20)24(9-3-10-24)17-5-7-18(25)8-6-17/h5-8,16,19-21H,2-4,9-12,14-15H2,1H3/t16-,19-,20+,21+/m0/s1. The summed E-state index contributed by atoms with van der Waals surface area (Å²) in [4.78, 5) is 32.3. The number of nitriles is 1. The summed E-state index contributed by atoms with van der Waals surface area (Å²) < 4.78 is 13.5. The number of amides is 2. The zero-order valence-electron chi connectivity index (χ0n) is 18.0. The SMILES string of the molecule is C[C@@H](CN1C[C@H]2C[C@@H]1C(=O)N2C1(c2ccc(F)cc2)CCC1)C(=O)N1CCC[C@H]1C#N. The number of benzene rings is 1. The molecular weight excluding hydrogens is 395 g/mol. The van der Waals surface area contributed by atoms with E-state index < -0.39 is 0 Å². The van der Waals surface area contributed by atoms with Crippen molar-refractivity contribution in [1.82, 2.24) is 14.7 Å². The van der Waals surface area contributed by atoms with E-state index in [9.17, 15) is 19.2 Å². The molecule has 164 valence electrons. The molecule has 2 amide bonds. The maximum absolute atomic E-state index is 13.5. The van der Waals surface area contributed by atoms with E-state index in [4.69, 9.17) is 0 Å². The average molecular weight is 425 g/mol. The fraction of sp³-hybridized carbons (Fsp3) is 0.625. The Hall–Kier alpha value is -2.46. The third-order valence-corrected chi connectivity index (χ3v) is 7.91. The Morgan fingerprint density at radius 3 is 2.65 bits per heavy atom. The number of piperazine rings is 1. The monoisotopic (exact) mass is 424 g/mol. The highest BCUT2D eigenvalue weighted by atomic mass is 19.1. The van der Waals surface area contributed by atoms with Gasteiger partial charge >= 0.3 is 0 Å². The molecule has 5 rings (SSSR count). The summed E-state index contributed by atoms with van der Waals surface area (Å²) in [5.74, 6) is -0.313. The number of hydrogen-bond donors (Lipinski definition) is 0. The number of halogens is 1. The zero-order valence-corrected chi connectivity index (χ0v) is 18.0. The Bertz CT molecular complexity index is 923. The molecule has 1 aliphatic carbocycles. The first kappa shape index (κ1) is 20.4. The van der Waals surface area contributed by atoms with E-state index in [0.29, 0.717) is 13.1 Å². The molecule has 0 aromatic heterocycles. The van der Waals surface area contributed by atoms with Crippen molar-refractivity contribution in [2.24, 2.45) is 5.92 Å². The van der Waals surface area contributed by atoms with Crippen LogP contribution >= 0.6 is 0 Å². The van der Waals surface area contributed by atoms with Crippen LogP contribution in [0.3, 0.4) is 0 Å². The van der Waals surface area contributed by atoms with Crippen LogP contribution in [0.5, 0.6) is 0 Å². The van der Waals surface area contributed by atoms with Crippen LogP contribution in [0.1, 0.15) is 51.0 Å². The first-order valence-electron chi connectivity index (χ1n) is 11.5. The predicted molar refractivity (Wildman–Crippen MR) is 112 cm³/mol. The summed E-state index contributed by atoms with van der Waals surface area (Å²) in [5, 5.41) is 9.29. The van der Waals surface area contributed by atoms with Crippen LogP contribution in [0.2, 0.25) is 0 Å². The number of carbonyl (C=O) groups excluding carboxylic acids is 2.